The zero-order valence-corrected chi connectivity index (χ0v) is 12.9. The number of nitrogens with one attached hydrogen (secondary N) is 1. The first kappa shape index (κ1) is 16.8. The second-order valence-electron chi connectivity index (χ2n) is 4.98. The molecule has 6 nitrogen and oxygen atoms in total. The molecule has 122 valence electrons. The molecule has 1 heterocycles. The van der Waals surface area contributed by atoms with Gasteiger partial charge in [0.25, 0.3) is 0 Å². The molecule has 23 heavy (non-hydrogen) atoms. The van der Waals surface area contributed by atoms with E-state index >= 15 is 0 Å². The summed E-state index contributed by atoms with van der Waals surface area (Å²) in [6.45, 7) is 1.10. The van der Waals surface area contributed by atoms with Crippen LogP contribution in [0.5, 0.6) is 0 Å². The summed E-state index contributed by atoms with van der Waals surface area (Å²) in [5.41, 5.74) is 1.13. The van der Waals surface area contributed by atoms with Gasteiger partial charge in [0.2, 0.25) is 0 Å². The highest BCUT2D eigenvalue weighted by molar-refractivity contribution is 5.96. The van der Waals surface area contributed by atoms with Gasteiger partial charge in [-0.2, -0.15) is 0 Å². The van der Waals surface area contributed by atoms with Crippen molar-refractivity contribution in [1.29, 1.82) is 0 Å². The first-order valence-electron chi connectivity index (χ1n) is 7.30. The van der Waals surface area contributed by atoms with Crippen LogP contribution in [0.25, 0.3) is 11.3 Å². The number of furan rings is 1. The van der Waals surface area contributed by atoms with Gasteiger partial charge in [-0.05, 0) is 31.2 Å². The maximum atomic E-state index is 11.8. The molecule has 2 aromatic rings. The minimum Gasteiger partial charge on any atom is -0.481 e. The molecule has 2 rings (SSSR count). The van der Waals surface area contributed by atoms with Gasteiger partial charge in [0, 0.05) is 12.0 Å². The highest BCUT2D eigenvalue weighted by Crippen LogP contribution is 2.26. The number of benzene rings is 1. The van der Waals surface area contributed by atoms with Crippen LogP contribution >= 0.6 is 0 Å². The fraction of sp³-hybridized carbons (Fsp3) is 0.294. The number of carboxylic acids is 1. The largest absolute Gasteiger partial charge is 0.481 e. The van der Waals surface area contributed by atoms with Crippen LogP contribution < -0.4 is 5.32 Å². The number of hydrogen-bond donors (Lipinski definition) is 2. The molecule has 1 aromatic heterocycles. The summed E-state index contributed by atoms with van der Waals surface area (Å²) in [7, 11) is 1.34. The summed E-state index contributed by atoms with van der Waals surface area (Å²) in [5, 5.41) is 11.7. The summed E-state index contributed by atoms with van der Waals surface area (Å²) in [6.07, 6.45) is 0.705. The Balaban J connectivity index is 2.00. The number of methoxy groups -OCH3 is 1. The highest BCUT2D eigenvalue weighted by Gasteiger charge is 2.15. The van der Waals surface area contributed by atoms with Crippen LogP contribution in [-0.4, -0.2) is 30.7 Å². The fourth-order valence-electron chi connectivity index (χ4n) is 2.18. The van der Waals surface area contributed by atoms with Crippen LogP contribution in [0.15, 0.2) is 40.8 Å². The van der Waals surface area contributed by atoms with Crippen molar-refractivity contribution in [2.24, 2.45) is 0 Å². The molecule has 0 unspecified atom stereocenters. The minimum atomic E-state index is -0.800. The summed E-state index contributed by atoms with van der Waals surface area (Å²) in [4.78, 5) is 22.2. The molecule has 0 bridgehead atoms. The number of carbonyl (C=O) groups excluding carboxylic acids is 1. The van der Waals surface area contributed by atoms with Gasteiger partial charge in [-0.3, -0.25) is 4.79 Å². The molecule has 0 aliphatic carbocycles. The summed E-state index contributed by atoms with van der Waals surface area (Å²) in [6, 6.07) is 10.7. The predicted octanol–water partition coefficient (Wildman–Crippen LogP) is 2.69. The third-order valence-corrected chi connectivity index (χ3v) is 3.30. The van der Waals surface area contributed by atoms with Gasteiger partial charge in [0.05, 0.1) is 19.2 Å². The summed E-state index contributed by atoms with van der Waals surface area (Å²) in [5.74, 6) is 0.0974. The van der Waals surface area contributed by atoms with Crippen LogP contribution in [0.2, 0.25) is 0 Å². The molecule has 0 aliphatic rings. The lowest BCUT2D eigenvalue weighted by molar-refractivity contribution is -0.137. The van der Waals surface area contributed by atoms with Crippen LogP contribution in [-0.2, 0) is 16.1 Å². The Kier molecular flexibility index (Phi) is 5.94. The van der Waals surface area contributed by atoms with Crippen LogP contribution in [0, 0.1) is 0 Å². The Hall–Kier alpha value is -2.60. The fourth-order valence-corrected chi connectivity index (χ4v) is 2.18. The lowest BCUT2D eigenvalue weighted by Gasteiger charge is -2.05. The summed E-state index contributed by atoms with van der Waals surface area (Å²) < 4.78 is 10.5. The molecule has 0 fully saturated rings. The Morgan fingerprint density at radius 3 is 2.74 bits per heavy atom. The lowest BCUT2D eigenvalue weighted by atomic mass is 10.1. The lowest BCUT2D eigenvalue weighted by Crippen LogP contribution is -2.15. The van der Waals surface area contributed by atoms with Gasteiger partial charge in [0.1, 0.15) is 11.5 Å². The summed E-state index contributed by atoms with van der Waals surface area (Å²) >= 11 is 0. The van der Waals surface area contributed by atoms with E-state index in [4.69, 9.17) is 14.3 Å². The first-order chi connectivity index (χ1) is 11.1. The smallest absolute Gasteiger partial charge is 0.338 e. The highest BCUT2D eigenvalue weighted by atomic mass is 16.5. The van der Waals surface area contributed by atoms with E-state index < -0.39 is 11.9 Å². The molecular formula is C17H19NO5. The van der Waals surface area contributed by atoms with Crippen molar-refractivity contribution in [2.75, 3.05) is 13.7 Å². The quantitative estimate of drug-likeness (QED) is 0.575. The number of carboxylic acid groups (broad SMARTS) is 1. The molecule has 1 aromatic carbocycles. The number of hydrogen-bond acceptors (Lipinski definition) is 5. The molecule has 0 atom stereocenters. The van der Waals surface area contributed by atoms with Gasteiger partial charge in [-0.25, -0.2) is 4.79 Å². The normalized spacial score (nSPS) is 10.5. The Labute approximate surface area is 134 Å². The number of carbonyl (C=O) groups is 2. The Bertz CT molecular complexity index is 677. The Morgan fingerprint density at radius 2 is 2.00 bits per heavy atom. The third-order valence-electron chi connectivity index (χ3n) is 3.30. The molecule has 2 N–H and O–H groups in total. The zero-order valence-electron chi connectivity index (χ0n) is 12.9. The van der Waals surface area contributed by atoms with Crippen molar-refractivity contribution in [2.45, 2.75) is 19.4 Å². The van der Waals surface area contributed by atoms with Crippen LogP contribution in [0.4, 0.5) is 0 Å². The molecule has 6 heteroatoms. The standard InChI is InChI=1S/C17H19NO5/c1-22-17(21)14-6-3-2-5-13(14)15-9-8-12(23-15)11-18-10-4-7-16(19)20/h2-3,5-6,8-9,18H,4,7,10-11H2,1H3,(H,19,20). The maximum Gasteiger partial charge on any atom is 0.338 e. The molecule has 0 saturated carbocycles. The maximum absolute atomic E-state index is 11.8. The average Bonchev–Trinajstić information content (AvgIpc) is 3.02. The number of ether oxygens (including phenoxy) is 1. The van der Waals surface area contributed by atoms with E-state index in [2.05, 4.69) is 5.32 Å². The van der Waals surface area contributed by atoms with E-state index in [0.717, 1.165) is 5.76 Å². The topological polar surface area (TPSA) is 88.8 Å². The number of aliphatic carboxylic acids is 1. The predicted molar refractivity (Wildman–Crippen MR) is 84.1 cm³/mol. The van der Waals surface area contributed by atoms with Crippen molar-refractivity contribution in [3.63, 3.8) is 0 Å². The van der Waals surface area contributed by atoms with E-state index in [-0.39, 0.29) is 6.42 Å². The van der Waals surface area contributed by atoms with Gasteiger partial charge < -0.3 is 19.6 Å². The van der Waals surface area contributed by atoms with E-state index in [1.54, 1.807) is 24.3 Å². The van der Waals surface area contributed by atoms with Crippen molar-refractivity contribution >= 4 is 11.9 Å². The van der Waals surface area contributed by atoms with Crippen LogP contribution in [0.1, 0.15) is 29.0 Å². The van der Waals surface area contributed by atoms with Gasteiger partial charge >= 0.3 is 11.9 Å². The number of esters is 1. The van der Waals surface area contributed by atoms with E-state index in [1.807, 2.05) is 12.1 Å². The monoisotopic (exact) mass is 317 g/mol. The Morgan fingerprint density at radius 1 is 1.22 bits per heavy atom. The second kappa shape index (κ2) is 8.14. The van der Waals surface area contributed by atoms with Crippen molar-refractivity contribution in [3.8, 4) is 11.3 Å². The third kappa shape index (κ3) is 4.69. The van der Waals surface area contributed by atoms with Crippen molar-refractivity contribution < 1.29 is 23.8 Å². The van der Waals surface area contributed by atoms with E-state index in [0.29, 0.717) is 36.4 Å². The van der Waals surface area contributed by atoms with Crippen LogP contribution in [0.3, 0.4) is 0 Å². The molecule has 0 radical (unpaired) electrons. The molecule has 0 saturated heterocycles. The minimum absolute atomic E-state index is 0.142. The first-order valence-corrected chi connectivity index (χ1v) is 7.30. The van der Waals surface area contributed by atoms with Gasteiger partial charge in [-0.15, -0.1) is 0 Å². The van der Waals surface area contributed by atoms with Crippen molar-refractivity contribution in [3.05, 3.63) is 47.7 Å². The van der Waals surface area contributed by atoms with Crippen molar-refractivity contribution in [1.82, 2.24) is 5.32 Å². The zero-order chi connectivity index (χ0) is 16.7. The number of rotatable bonds is 8. The molecular weight excluding hydrogens is 298 g/mol. The van der Waals surface area contributed by atoms with Gasteiger partial charge in [-0.1, -0.05) is 18.2 Å². The second-order valence-corrected chi connectivity index (χ2v) is 4.98. The van der Waals surface area contributed by atoms with Gasteiger partial charge in [0.15, 0.2) is 0 Å². The molecule has 0 amide bonds. The molecule has 0 spiro atoms. The molecule has 0 aliphatic heterocycles. The van der Waals surface area contributed by atoms with E-state index in [9.17, 15) is 9.59 Å². The SMILES string of the molecule is COC(=O)c1ccccc1-c1ccc(CNCCCC(=O)O)o1. The average molecular weight is 317 g/mol. The van der Waals surface area contributed by atoms with E-state index in [1.165, 1.54) is 7.11 Å².